The number of esters is 1. The van der Waals surface area contributed by atoms with Crippen molar-refractivity contribution in [3.63, 3.8) is 0 Å². The number of carboxylic acids is 1. The molecule has 0 radical (unpaired) electrons. The van der Waals surface area contributed by atoms with E-state index in [1.54, 1.807) is 0 Å². The third-order valence-corrected chi connectivity index (χ3v) is 13.2. The summed E-state index contributed by atoms with van der Waals surface area (Å²) in [5.74, 6) is -1.20. The third-order valence-electron chi connectivity index (χ3n) is 13.2. The average Bonchev–Trinajstić information content (AvgIpc) is 3.26. The van der Waals surface area contributed by atoms with Gasteiger partial charge >= 0.3 is 11.9 Å². The largest absolute Gasteiger partial charge is 0.480 e. The van der Waals surface area contributed by atoms with Crippen molar-refractivity contribution in [3.8, 4) is 0 Å². The molecule has 0 aliphatic carbocycles. The smallest absolute Gasteiger partial charge is 0.326 e. The highest BCUT2D eigenvalue weighted by atomic mass is 16.5. The van der Waals surface area contributed by atoms with E-state index < -0.39 is 12.0 Å². The lowest BCUT2D eigenvalue weighted by atomic mass is 10.0. The molecule has 7 nitrogen and oxygen atoms in total. The first-order chi connectivity index (χ1) is 30.4. The highest BCUT2D eigenvalue weighted by Gasteiger charge is 2.19. The molecule has 0 aromatic rings. The van der Waals surface area contributed by atoms with Crippen LogP contribution in [0.15, 0.2) is 0 Å². The molecule has 368 valence electrons. The topological polar surface area (TPSA) is 119 Å². The average molecular weight is 877 g/mol. The molecule has 2 unspecified atom stereocenters. The molecule has 0 aliphatic rings. The monoisotopic (exact) mass is 877 g/mol. The molecule has 0 bridgehead atoms. The maximum Gasteiger partial charge on any atom is 0.326 e. The Morgan fingerprint density at radius 1 is 0.403 bits per heavy atom. The van der Waals surface area contributed by atoms with E-state index in [2.05, 4.69) is 19.2 Å². The highest BCUT2D eigenvalue weighted by molar-refractivity contribution is 5.83. The van der Waals surface area contributed by atoms with Gasteiger partial charge in [0.1, 0.15) is 12.1 Å². The van der Waals surface area contributed by atoms with Crippen molar-refractivity contribution < 1.29 is 24.2 Å². The number of carbonyl (C=O) groups excluding carboxylic acids is 2. The minimum atomic E-state index is -0.998. The lowest BCUT2D eigenvalue weighted by Crippen LogP contribution is -2.40. The Bertz CT molecular complexity index is 945. The Balaban J connectivity index is 4.18. The van der Waals surface area contributed by atoms with Crippen molar-refractivity contribution in [1.82, 2.24) is 5.32 Å². The van der Waals surface area contributed by atoms with Crippen molar-refractivity contribution in [2.75, 3.05) is 6.54 Å². The van der Waals surface area contributed by atoms with Gasteiger partial charge in [0.25, 0.3) is 0 Å². The van der Waals surface area contributed by atoms with Crippen molar-refractivity contribution >= 4 is 17.8 Å². The van der Waals surface area contributed by atoms with E-state index in [0.29, 0.717) is 32.2 Å². The van der Waals surface area contributed by atoms with Crippen molar-refractivity contribution in [1.29, 1.82) is 0 Å². The second kappa shape index (κ2) is 50.4. The van der Waals surface area contributed by atoms with Gasteiger partial charge in [-0.15, -0.1) is 0 Å². The summed E-state index contributed by atoms with van der Waals surface area (Å²) >= 11 is 0. The lowest BCUT2D eigenvalue weighted by molar-refractivity contribution is -0.150. The lowest BCUT2D eigenvalue weighted by Gasteiger charge is -2.18. The molecule has 0 heterocycles. The van der Waals surface area contributed by atoms with E-state index in [-0.39, 0.29) is 18.0 Å². The van der Waals surface area contributed by atoms with Gasteiger partial charge in [-0.2, -0.15) is 0 Å². The minimum Gasteiger partial charge on any atom is -0.480 e. The molecule has 2 atom stereocenters. The van der Waals surface area contributed by atoms with Crippen LogP contribution < -0.4 is 11.1 Å². The first kappa shape index (κ1) is 60.4. The van der Waals surface area contributed by atoms with Crippen molar-refractivity contribution in [3.05, 3.63) is 0 Å². The molecule has 4 N–H and O–H groups in total. The molecule has 0 saturated heterocycles. The number of ether oxygens (including phenoxy) is 1. The van der Waals surface area contributed by atoms with E-state index in [0.717, 1.165) is 64.2 Å². The quantitative estimate of drug-likeness (QED) is 0.0414. The maximum absolute atomic E-state index is 12.9. The number of nitrogens with one attached hydrogen (secondary N) is 1. The fourth-order valence-electron chi connectivity index (χ4n) is 8.99. The van der Waals surface area contributed by atoms with Gasteiger partial charge in [-0.3, -0.25) is 9.59 Å². The number of aliphatic carboxylic acids is 1. The van der Waals surface area contributed by atoms with Crippen LogP contribution in [-0.2, 0) is 19.1 Å². The molecule has 0 rings (SSSR count). The summed E-state index contributed by atoms with van der Waals surface area (Å²) < 4.78 is 6.11. The second-order valence-corrected chi connectivity index (χ2v) is 19.4. The molecule has 0 saturated carbocycles. The standard InChI is InChI=1S/C55H108N2O5/c1-3-5-7-9-11-13-15-17-19-20-21-22-23-24-26-28-30-32-34-39-43-49-54(59)62-51(45-40-36-33-31-29-27-25-18-16-14-12-10-8-6-4-2)46-41-37-35-38-42-48-53(58)57-52(55(60)61)47-44-50-56/h51-52H,3-50,56H2,1-2H3,(H,57,58)(H,60,61). The number of hydrogen-bond acceptors (Lipinski definition) is 5. The SMILES string of the molecule is CCCCCCCCCCCCCCCCCCCCCCCC(=O)OC(CCCCCCCCCCCCCCCCC)CCCCCCCC(=O)NC(CCCN)C(=O)O. The highest BCUT2D eigenvalue weighted by Crippen LogP contribution is 2.20. The van der Waals surface area contributed by atoms with Crippen LogP contribution in [0.3, 0.4) is 0 Å². The summed E-state index contributed by atoms with van der Waals surface area (Å²) in [6.07, 6.45) is 57.5. The number of nitrogens with two attached hydrogens (primary N) is 1. The summed E-state index contributed by atoms with van der Waals surface area (Å²) in [4.78, 5) is 36.6. The van der Waals surface area contributed by atoms with Gasteiger partial charge in [-0.1, -0.05) is 251 Å². The predicted octanol–water partition coefficient (Wildman–Crippen LogP) is 16.8. The molecule has 62 heavy (non-hydrogen) atoms. The van der Waals surface area contributed by atoms with Crippen LogP contribution in [0.5, 0.6) is 0 Å². The van der Waals surface area contributed by atoms with Gasteiger partial charge < -0.3 is 20.9 Å². The Labute approximate surface area is 386 Å². The van der Waals surface area contributed by atoms with Gasteiger partial charge in [0.05, 0.1) is 0 Å². The zero-order chi connectivity index (χ0) is 45.2. The van der Waals surface area contributed by atoms with Crippen molar-refractivity contribution in [2.24, 2.45) is 5.73 Å². The molecule has 0 aromatic heterocycles. The summed E-state index contributed by atoms with van der Waals surface area (Å²) in [7, 11) is 0. The van der Waals surface area contributed by atoms with Gasteiger partial charge in [-0.25, -0.2) is 4.79 Å². The molecule has 0 fully saturated rings. The fraction of sp³-hybridized carbons (Fsp3) is 0.945. The Hall–Kier alpha value is -1.63. The number of carbonyl (C=O) groups is 3. The molecular formula is C55H108N2O5. The normalized spacial score (nSPS) is 12.4. The van der Waals surface area contributed by atoms with Gasteiger partial charge in [0.15, 0.2) is 0 Å². The summed E-state index contributed by atoms with van der Waals surface area (Å²) in [6.45, 7) is 4.99. The molecule has 0 spiro atoms. The third kappa shape index (κ3) is 46.4. The van der Waals surface area contributed by atoms with Crippen LogP contribution in [0.4, 0.5) is 0 Å². The van der Waals surface area contributed by atoms with Gasteiger partial charge in [-0.05, 0) is 57.9 Å². The van der Waals surface area contributed by atoms with Gasteiger partial charge in [0.2, 0.25) is 5.91 Å². The van der Waals surface area contributed by atoms with E-state index in [1.165, 1.54) is 212 Å². The number of rotatable bonds is 52. The Kier molecular flexibility index (Phi) is 49.0. The molecule has 0 aliphatic heterocycles. The molecular weight excluding hydrogens is 769 g/mol. The number of hydrogen-bond donors (Lipinski definition) is 3. The first-order valence-corrected chi connectivity index (χ1v) is 27.9. The zero-order valence-corrected chi connectivity index (χ0v) is 41.8. The number of amides is 1. The molecule has 1 amide bonds. The Morgan fingerprint density at radius 3 is 1.00 bits per heavy atom. The Morgan fingerprint density at radius 2 is 0.694 bits per heavy atom. The van der Waals surface area contributed by atoms with Crippen LogP contribution in [0, 0.1) is 0 Å². The second-order valence-electron chi connectivity index (χ2n) is 19.4. The number of unbranched alkanes of at least 4 members (excludes halogenated alkanes) is 38. The zero-order valence-electron chi connectivity index (χ0n) is 41.8. The first-order valence-electron chi connectivity index (χ1n) is 27.9. The number of carboxylic acid groups (broad SMARTS) is 1. The van der Waals surface area contributed by atoms with Crippen LogP contribution in [-0.4, -0.2) is 41.6 Å². The summed E-state index contributed by atoms with van der Waals surface area (Å²) in [5, 5.41) is 12.0. The van der Waals surface area contributed by atoms with Crippen LogP contribution in [0.25, 0.3) is 0 Å². The minimum absolute atomic E-state index is 0.00842. The predicted molar refractivity (Wildman–Crippen MR) is 267 cm³/mol. The van der Waals surface area contributed by atoms with Crippen LogP contribution >= 0.6 is 0 Å². The van der Waals surface area contributed by atoms with E-state index in [9.17, 15) is 19.5 Å². The van der Waals surface area contributed by atoms with Crippen LogP contribution in [0.1, 0.15) is 316 Å². The maximum atomic E-state index is 12.9. The van der Waals surface area contributed by atoms with Gasteiger partial charge in [0, 0.05) is 12.8 Å². The molecule has 0 aromatic carbocycles. The van der Waals surface area contributed by atoms with E-state index >= 15 is 0 Å². The van der Waals surface area contributed by atoms with Crippen LogP contribution in [0.2, 0.25) is 0 Å². The van der Waals surface area contributed by atoms with Crippen molar-refractivity contribution in [2.45, 2.75) is 328 Å². The van der Waals surface area contributed by atoms with E-state index in [1.807, 2.05) is 0 Å². The van der Waals surface area contributed by atoms with E-state index in [4.69, 9.17) is 10.5 Å². The summed E-state index contributed by atoms with van der Waals surface area (Å²) in [6, 6.07) is -0.853. The summed E-state index contributed by atoms with van der Waals surface area (Å²) in [5.41, 5.74) is 5.51. The molecule has 7 heteroatoms. The fourth-order valence-corrected chi connectivity index (χ4v) is 8.99.